The summed E-state index contributed by atoms with van der Waals surface area (Å²) in [5, 5.41) is 2.05. The Morgan fingerprint density at radius 1 is 0.821 bits per heavy atom. The van der Waals surface area contributed by atoms with Crippen LogP contribution in [-0.2, 0) is 13.7 Å². The van der Waals surface area contributed by atoms with Crippen molar-refractivity contribution in [2.24, 2.45) is 0 Å². The number of rotatable bonds is 8. The van der Waals surface area contributed by atoms with E-state index in [1.54, 1.807) is 0 Å². The molecule has 0 aromatic heterocycles. The zero-order valence-electron chi connectivity index (χ0n) is 26.1. The van der Waals surface area contributed by atoms with E-state index < -0.39 is 24.1 Å². The van der Waals surface area contributed by atoms with Gasteiger partial charge in [0.1, 0.15) is 0 Å². The number of allylic oxidation sites excluding steroid dienone is 1. The third-order valence-corrected chi connectivity index (χ3v) is 21.7. The molecule has 6 heteroatoms. The molecule has 0 heterocycles. The molecule has 0 aliphatic heterocycles. The molecule has 0 amide bonds. The fourth-order valence-electron chi connectivity index (χ4n) is 4.68. The summed E-state index contributed by atoms with van der Waals surface area (Å²) in [4.78, 5) is 14.8. The van der Waals surface area contributed by atoms with Crippen LogP contribution in [0.3, 0.4) is 0 Å². The minimum atomic E-state index is -3.24. The zero-order valence-corrected chi connectivity index (χ0v) is 29.1. The van der Waals surface area contributed by atoms with Gasteiger partial charge in [0.2, 0.25) is 0 Å². The van der Waals surface area contributed by atoms with Crippen LogP contribution in [0.2, 0.25) is 36.3 Å². The Labute approximate surface area is 241 Å². The molecule has 2 aromatic carbocycles. The Morgan fingerprint density at radius 2 is 1.26 bits per heavy atom. The molecule has 1 saturated carbocycles. The van der Waals surface area contributed by atoms with Gasteiger partial charge in [0, 0.05) is 0 Å². The Morgan fingerprint density at radius 3 is 1.69 bits per heavy atom. The van der Waals surface area contributed by atoms with Gasteiger partial charge < -0.3 is 0 Å². The van der Waals surface area contributed by atoms with E-state index in [-0.39, 0.29) is 22.3 Å². The van der Waals surface area contributed by atoms with E-state index in [1.165, 1.54) is 0 Å². The van der Waals surface area contributed by atoms with Crippen molar-refractivity contribution in [1.29, 1.82) is 0 Å². The summed E-state index contributed by atoms with van der Waals surface area (Å²) < 4.78 is 14.0. The molecular weight excluding hydrogens is 532 g/mol. The molecule has 3 nitrogen and oxygen atoms in total. The molecule has 2 aromatic rings. The first-order valence-electron chi connectivity index (χ1n) is 14.4. The van der Waals surface area contributed by atoms with Gasteiger partial charge in [-0.3, -0.25) is 0 Å². The van der Waals surface area contributed by atoms with Crippen LogP contribution >= 0.6 is 7.49 Å². The van der Waals surface area contributed by atoms with Gasteiger partial charge >= 0.3 is 242 Å². The second kappa shape index (κ2) is 11.9. The SMILES string of the molecule is C=C1/C(=C\C[PH]([O])(c2ccccc2)c2ccccc2)C[C@H](O[Si](C)(C)C(C)(C)C)C[C@@H]1O[Si](C)(C)C(C)(C)C. The Bertz CT molecular complexity index is 1110. The van der Waals surface area contributed by atoms with Crippen molar-refractivity contribution < 1.29 is 13.7 Å². The van der Waals surface area contributed by atoms with Gasteiger partial charge in [0.25, 0.3) is 0 Å². The standard InChI is InChI=1S/C33H52O3PSi2/c1-26-27(22-23-37(34,29-18-14-12-15-19-29)30-20-16-13-17-21-30)24-28(35-38(8,9)32(2,3)4)25-31(26)36-39(10,11)33(5,6)7/h12-22,28,31,37H,1,23-25H2,2-11H3/b27-22-/t28-,31-/m0/s1. The van der Waals surface area contributed by atoms with Gasteiger partial charge in [-0.05, 0) is 0 Å². The van der Waals surface area contributed by atoms with E-state index in [4.69, 9.17) is 8.85 Å². The Hall–Kier alpha value is -1.34. The molecule has 1 radical (unpaired) electrons. The average Bonchev–Trinajstić information content (AvgIpc) is 2.84. The first-order valence-corrected chi connectivity index (χ1v) is 22.4. The predicted octanol–water partition coefficient (Wildman–Crippen LogP) is 8.79. The van der Waals surface area contributed by atoms with Crippen LogP contribution in [0.15, 0.2) is 84.5 Å². The first-order chi connectivity index (χ1) is 17.9. The normalized spacial score (nSPS) is 21.3. The molecule has 0 bridgehead atoms. The Kier molecular flexibility index (Phi) is 9.80. The maximum atomic E-state index is 14.8. The van der Waals surface area contributed by atoms with Gasteiger partial charge in [-0.15, -0.1) is 0 Å². The van der Waals surface area contributed by atoms with E-state index in [1.807, 2.05) is 60.7 Å². The summed E-state index contributed by atoms with van der Waals surface area (Å²) in [7, 11) is -7.27. The monoisotopic (exact) mass is 583 g/mol. The van der Waals surface area contributed by atoms with Crippen molar-refractivity contribution in [3.63, 3.8) is 0 Å². The second-order valence-electron chi connectivity index (χ2n) is 14.3. The second-order valence-corrected chi connectivity index (χ2v) is 27.1. The molecule has 0 saturated heterocycles. The zero-order chi connectivity index (χ0) is 29.3. The van der Waals surface area contributed by atoms with Crippen LogP contribution in [0.1, 0.15) is 54.4 Å². The van der Waals surface area contributed by atoms with Crippen molar-refractivity contribution in [1.82, 2.24) is 0 Å². The van der Waals surface area contributed by atoms with Crippen LogP contribution in [0.25, 0.3) is 0 Å². The summed E-state index contributed by atoms with van der Waals surface area (Å²) >= 11 is 0. The van der Waals surface area contributed by atoms with E-state index in [0.717, 1.165) is 34.6 Å². The van der Waals surface area contributed by atoms with Crippen molar-refractivity contribution in [2.75, 3.05) is 6.16 Å². The predicted molar refractivity (Wildman–Crippen MR) is 177 cm³/mol. The number of hydrogen-bond acceptors (Lipinski definition) is 2. The quantitative estimate of drug-likeness (QED) is 0.230. The average molecular weight is 584 g/mol. The van der Waals surface area contributed by atoms with E-state index >= 15 is 0 Å². The summed E-state index contributed by atoms with van der Waals surface area (Å²) in [6, 6.07) is 19.9. The molecular formula is C33H52O3PSi2. The van der Waals surface area contributed by atoms with Crippen molar-refractivity contribution >= 4 is 34.7 Å². The number of benzene rings is 2. The Balaban J connectivity index is 2.01. The molecule has 39 heavy (non-hydrogen) atoms. The van der Waals surface area contributed by atoms with E-state index in [9.17, 15) is 4.89 Å². The first kappa shape index (κ1) is 32.2. The fraction of sp³-hybridized carbons (Fsp3) is 0.515. The molecule has 1 aliphatic rings. The summed E-state index contributed by atoms with van der Waals surface area (Å²) in [5.74, 6) is 0. The topological polar surface area (TPSA) is 38.4 Å². The van der Waals surface area contributed by atoms with E-state index in [0.29, 0.717) is 6.16 Å². The third-order valence-electron chi connectivity index (χ3n) is 9.35. The third kappa shape index (κ3) is 7.50. The molecule has 0 unspecified atom stereocenters. The van der Waals surface area contributed by atoms with Gasteiger partial charge in [0.05, 0.1) is 0 Å². The van der Waals surface area contributed by atoms with Crippen molar-refractivity contribution in [2.45, 2.75) is 103 Å². The van der Waals surface area contributed by atoms with Crippen LogP contribution in [-0.4, -0.2) is 35.0 Å². The molecule has 2 atom stereocenters. The fourth-order valence-corrected chi connectivity index (χ4v) is 10.2. The summed E-state index contributed by atoms with van der Waals surface area (Å²) in [6.45, 7) is 27.5. The van der Waals surface area contributed by atoms with Crippen molar-refractivity contribution in [3.8, 4) is 0 Å². The van der Waals surface area contributed by atoms with Crippen LogP contribution < -0.4 is 10.6 Å². The van der Waals surface area contributed by atoms with Gasteiger partial charge in [-0.25, -0.2) is 0 Å². The summed E-state index contributed by atoms with van der Waals surface area (Å²) in [6.07, 6.45) is 4.27. The molecule has 1 aliphatic carbocycles. The van der Waals surface area contributed by atoms with E-state index in [2.05, 4.69) is 80.4 Å². The molecule has 0 N–H and O–H groups in total. The summed E-state index contributed by atoms with van der Waals surface area (Å²) in [5.41, 5.74) is 2.18. The van der Waals surface area contributed by atoms with Gasteiger partial charge in [-0.2, -0.15) is 0 Å². The van der Waals surface area contributed by atoms with Gasteiger partial charge in [-0.1, -0.05) is 0 Å². The van der Waals surface area contributed by atoms with Gasteiger partial charge in [0.15, 0.2) is 0 Å². The molecule has 0 spiro atoms. The number of hydrogen-bond donors (Lipinski definition) is 0. The molecule has 3 rings (SSSR count). The molecule has 1 fully saturated rings. The molecule has 215 valence electrons. The van der Waals surface area contributed by atoms with Crippen LogP contribution in [0.5, 0.6) is 0 Å². The van der Waals surface area contributed by atoms with Crippen LogP contribution in [0, 0.1) is 0 Å². The minimum absolute atomic E-state index is 0.0635. The van der Waals surface area contributed by atoms with Crippen molar-refractivity contribution in [3.05, 3.63) is 84.5 Å². The maximum absolute atomic E-state index is 14.8. The van der Waals surface area contributed by atoms with Crippen LogP contribution in [0.4, 0.5) is 0 Å².